The maximum absolute atomic E-state index is 6.20. The van der Waals surface area contributed by atoms with E-state index >= 15 is 0 Å². The zero-order chi connectivity index (χ0) is 30.0. The van der Waals surface area contributed by atoms with E-state index in [-0.39, 0.29) is 20.1 Å². The zero-order valence-electron chi connectivity index (χ0n) is 25.6. The predicted molar refractivity (Wildman–Crippen MR) is 182 cm³/mol. The van der Waals surface area contributed by atoms with Crippen molar-refractivity contribution in [2.75, 3.05) is 0 Å². The summed E-state index contributed by atoms with van der Waals surface area (Å²) in [5.74, 6) is 7.20. The standard InChI is InChI=1S/C24H16NO.C15H18GeN.Ir/c1-16-12-13-25-22(14-16)20-9-5-8-19-21-15-18(17-6-3-2-4-7-17)10-11-23(21)26-24(19)20;1-12-10-15(13-8-6-5-7-9-13)17-11-14(12)16(2,3)4;/h2-8,10-15H,1H3;5-8,10-11H,1-4H3;/q2*-1;. The Bertz CT molecular complexity index is 2030. The first-order chi connectivity index (χ1) is 20.8. The summed E-state index contributed by atoms with van der Waals surface area (Å²) in [6.45, 7) is 4.26. The van der Waals surface area contributed by atoms with Crippen LogP contribution in [0.2, 0.25) is 17.3 Å². The van der Waals surface area contributed by atoms with E-state index in [1.807, 2.05) is 48.7 Å². The molecule has 1 radical (unpaired) electrons. The van der Waals surface area contributed by atoms with Crippen LogP contribution in [0, 0.1) is 26.0 Å². The Morgan fingerprint density at radius 1 is 0.682 bits per heavy atom. The molecule has 4 aromatic carbocycles. The van der Waals surface area contributed by atoms with E-state index in [2.05, 4.69) is 120 Å². The second kappa shape index (κ2) is 13.4. The van der Waals surface area contributed by atoms with Crippen molar-refractivity contribution < 1.29 is 24.5 Å². The minimum Gasteiger partial charge on any atom is -0.501 e. The average molecular weight is 812 g/mol. The molecule has 0 aliphatic heterocycles. The molecule has 7 aromatic rings. The molecule has 221 valence electrons. The molecule has 3 nitrogen and oxygen atoms in total. The number of nitrogens with zero attached hydrogens (tertiary/aromatic N) is 2. The smallest absolute Gasteiger partial charge is 0.120 e. The average Bonchev–Trinajstić information content (AvgIpc) is 3.40. The minimum atomic E-state index is -1.77. The maximum atomic E-state index is 6.20. The van der Waals surface area contributed by atoms with E-state index in [0.29, 0.717) is 0 Å². The Morgan fingerprint density at radius 3 is 2.18 bits per heavy atom. The van der Waals surface area contributed by atoms with Crippen molar-refractivity contribution in [2.24, 2.45) is 0 Å². The largest absolute Gasteiger partial charge is 0.501 e. The first-order valence-corrected chi connectivity index (χ1v) is 21.9. The number of aromatic nitrogens is 2. The Morgan fingerprint density at radius 2 is 1.48 bits per heavy atom. The SMILES string of the molecule is Cc1cc(-c2[c-]cccc2)nc[c]1[Ge]([CH3])([CH3])[CH3].Cc1ccnc(-c2[c-]ccc3c2oc2ccc(-c4ccccc4)cc23)c1.[Ir]. The summed E-state index contributed by atoms with van der Waals surface area (Å²) >= 11 is -1.77. The van der Waals surface area contributed by atoms with Crippen molar-refractivity contribution in [1.82, 2.24) is 9.97 Å². The van der Waals surface area contributed by atoms with Gasteiger partial charge in [-0.15, -0.1) is 18.2 Å². The first-order valence-electron chi connectivity index (χ1n) is 14.6. The Balaban J connectivity index is 0.000000187. The van der Waals surface area contributed by atoms with E-state index < -0.39 is 13.3 Å². The van der Waals surface area contributed by atoms with Crippen molar-refractivity contribution in [3.05, 3.63) is 139 Å². The molecule has 0 N–H and O–H groups in total. The molecule has 0 atom stereocenters. The van der Waals surface area contributed by atoms with Crippen molar-refractivity contribution >= 4 is 39.6 Å². The molecule has 3 heterocycles. The molecule has 0 bridgehead atoms. The summed E-state index contributed by atoms with van der Waals surface area (Å²) in [6.07, 6.45) is 3.90. The number of benzene rings is 4. The van der Waals surface area contributed by atoms with E-state index in [4.69, 9.17) is 4.42 Å². The number of pyridine rings is 2. The van der Waals surface area contributed by atoms with Crippen LogP contribution in [0.3, 0.4) is 0 Å². The van der Waals surface area contributed by atoms with Gasteiger partial charge < -0.3 is 9.40 Å². The van der Waals surface area contributed by atoms with Gasteiger partial charge in [0.2, 0.25) is 0 Å². The summed E-state index contributed by atoms with van der Waals surface area (Å²) in [6, 6.07) is 41.5. The quantitative estimate of drug-likeness (QED) is 0.131. The fraction of sp³-hybridized carbons (Fsp3) is 0.128. The van der Waals surface area contributed by atoms with Gasteiger partial charge in [-0.25, -0.2) is 0 Å². The van der Waals surface area contributed by atoms with Gasteiger partial charge in [-0.3, -0.25) is 0 Å². The molecule has 0 fully saturated rings. The van der Waals surface area contributed by atoms with E-state index in [1.165, 1.54) is 26.6 Å². The monoisotopic (exact) mass is 813 g/mol. The van der Waals surface area contributed by atoms with Crippen molar-refractivity contribution in [2.45, 2.75) is 31.1 Å². The van der Waals surface area contributed by atoms with Gasteiger partial charge >= 0.3 is 106 Å². The topological polar surface area (TPSA) is 38.9 Å². The molecule has 5 heteroatoms. The Kier molecular flexibility index (Phi) is 9.65. The van der Waals surface area contributed by atoms with Gasteiger partial charge in [0, 0.05) is 31.7 Å². The third-order valence-corrected chi connectivity index (χ3v) is 12.1. The fourth-order valence-electron chi connectivity index (χ4n) is 5.46. The molecule has 3 aromatic heterocycles. The number of hydrogen-bond donors (Lipinski definition) is 0. The first kappa shape index (κ1) is 31.6. The van der Waals surface area contributed by atoms with E-state index in [1.54, 1.807) is 0 Å². The summed E-state index contributed by atoms with van der Waals surface area (Å²) in [5.41, 5.74) is 10.5. The van der Waals surface area contributed by atoms with Crippen LogP contribution in [0.1, 0.15) is 11.1 Å². The molecule has 0 aliphatic rings. The molecule has 0 saturated carbocycles. The third-order valence-electron chi connectivity index (χ3n) is 7.61. The number of aryl methyl sites for hydroxylation is 2. The van der Waals surface area contributed by atoms with Crippen molar-refractivity contribution in [3.63, 3.8) is 0 Å². The van der Waals surface area contributed by atoms with Gasteiger partial charge in [0.1, 0.15) is 5.58 Å². The third kappa shape index (κ3) is 6.78. The number of rotatable bonds is 4. The molecule has 0 saturated heterocycles. The van der Waals surface area contributed by atoms with Crippen molar-refractivity contribution in [3.8, 4) is 33.6 Å². The van der Waals surface area contributed by atoms with Gasteiger partial charge in [-0.2, -0.15) is 0 Å². The molecular formula is C39H34GeIrN2O-2. The molecule has 0 unspecified atom stereocenters. The number of hydrogen-bond acceptors (Lipinski definition) is 3. The van der Waals surface area contributed by atoms with Gasteiger partial charge in [-0.1, -0.05) is 59.0 Å². The molecule has 0 amide bonds. The summed E-state index contributed by atoms with van der Waals surface area (Å²) < 4.78 is 7.69. The fourth-order valence-corrected chi connectivity index (χ4v) is 9.04. The van der Waals surface area contributed by atoms with Crippen LogP contribution in [-0.4, -0.2) is 23.2 Å². The van der Waals surface area contributed by atoms with E-state index in [9.17, 15) is 0 Å². The zero-order valence-corrected chi connectivity index (χ0v) is 30.1. The Hall–Kier alpha value is -3.83. The second-order valence-electron chi connectivity index (χ2n) is 11.9. The van der Waals surface area contributed by atoms with E-state index in [0.717, 1.165) is 44.5 Å². The van der Waals surface area contributed by atoms with Crippen LogP contribution in [0.4, 0.5) is 0 Å². The summed E-state index contributed by atoms with van der Waals surface area (Å²) in [4.78, 5) is 9.10. The van der Waals surface area contributed by atoms with Crippen molar-refractivity contribution in [1.29, 1.82) is 0 Å². The molecule has 44 heavy (non-hydrogen) atoms. The van der Waals surface area contributed by atoms with Crippen LogP contribution < -0.4 is 4.40 Å². The van der Waals surface area contributed by atoms with Crippen LogP contribution >= 0.6 is 0 Å². The van der Waals surface area contributed by atoms with Crippen LogP contribution in [-0.2, 0) is 20.1 Å². The van der Waals surface area contributed by atoms with Gasteiger partial charge in [-0.05, 0) is 41.9 Å². The maximum Gasteiger partial charge on any atom is 0.120 e. The normalized spacial score (nSPS) is 11.1. The number of furan rings is 1. The molecular weight excluding hydrogens is 777 g/mol. The minimum absolute atomic E-state index is 0. The summed E-state index contributed by atoms with van der Waals surface area (Å²) in [7, 11) is 0. The molecule has 7 rings (SSSR count). The number of fused-ring (bicyclic) bond motifs is 3. The van der Waals surface area contributed by atoms with Crippen LogP contribution in [0.25, 0.3) is 55.6 Å². The molecule has 0 aliphatic carbocycles. The van der Waals surface area contributed by atoms with Gasteiger partial charge in [0.15, 0.2) is 0 Å². The molecule has 0 spiro atoms. The predicted octanol–water partition coefficient (Wildman–Crippen LogP) is 9.82. The van der Waals surface area contributed by atoms with Crippen LogP contribution in [0.15, 0.2) is 120 Å². The second-order valence-corrected chi connectivity index (χ2v) is 22.5. The Labute approximate surface area is 276 Å². The van der Waals surface area contributed by atoms with Crippen LogP contribution in [0.5, 0.6) is 0 Å². The van der Waals surface area contributed by atoms with Gasteiger partial charge in [0.25, 0.3) is 0 Å². The van der Waals surface area contributed by atoms with Gasteiger partial charge in [0.05, 0.1) is 5.58 Å². The summed E-state index contributed by atoms with van der Waals surface area (Å²) in [5, 5.41) is 2.21.